The number of ketones is 1. The number of benzene rings is 1. The van der Waals surface area contributed by atoms with E-state index in [2.05, 4.69) is 32.0 Å². The minimum Gasteiger partial charge on any atom is -0.367 e. The van der Waals surface area contributed by atoms with Crippen molar-refractivity contribution in [2.24, 2.45) is 0 Å². The van der Waals surface area contributed by atoms with Crippen molar-refractivity contribution in [3.8, 4) is 0 Å². The lowest BCUT2D eigenvalue weighted by Crippen LogP contribution is -2.26. The van der Waals surface area contributed by atoms with Gasteiger partial charge >= 0.3 is 0 Å². The van der Waals surface area contributed by atoms with Crippen LogP contribution in [0.3, 0.4) is 0 Å². The van der Waals surface area contributed by atoms with E-state index in [4.69, 9.17) is 0 Å². The summed E-state index contributed by atoms with van der Waals surface area (Å²) in [7, 11) is 1.98. The maximum atomic E-state index is 12.4. The van der Waals surface area contributed by atoms with Gasteiger partial charge in [0.1, 0.15) is 0 Å². The van der Waals surface area contributed by atoms with E-state index < -0.39 is 0 Å². The molecule has 2 aromatic rings. The molecule has 106 valence electrons. The van der Waals surface area contributed by atoms with E-state index in [0.717, 1.165) is 16.1 Å². The zero-order chi connectivity index (χ0) is 14.9. The van der Waals surface area contributed by atoms with Crippen LogP contribution in [-0.4, -0.2) is 19.4 Å². The molecule has 0 aliphatic heterocycles. The van der Waals surface area contributed by atoms with E-state index >= 15 is 0 Å². The Morgan fingerprint density at radius 2 is 1.85 bits per heavy atom. The molecule has 0 aliphatic carbocycles. The fourth-order valence-corrected chi connectivity index (χ4v) is 3.47. The quantitative estimate of drug-likeness (QED) is 0.781. The summed E-state index contributed by atoms with van der Waals surface area (Å²) in [6.07, 6.45) is 0. The summed E-state index contributed by atoms with van der Waals surface area (Å²) >= 11 is 1.69. The summed E-state index contributed by atoms with van der Waals surface area (Å²) < 4.78 is 0. The van der Waals surface area contributed by atoms with Gasteiger partial charge in [0.2, 0.25) is 0 Å². The molecule has 0 atom stereocenters. The van der Waals surface area contributed by atoms with Gasteiger partial charge in [-0.2, -0.15) is 0 Å². The summed E-state index contributed by atoms with van der Waals surface area (Å²) in [6, 6.07) is 8.32. The molecular formula is C17H21NOS. The zero-order valence-electron chi connectivity index (χ0n) is 12.8. The van der Waals surface area contributed by atoms with Gasteiger partial charge < -0.3 is 4.90 Å². The number of nitrogens with zero attached hydrogens (tertiary/aromatic N) is 1. The number of hydrogen-bond acceptors (Lipinski definition) is 3. The molecule has 2 rings (SSSR count). The van der Waals surface area contributed by atoms with Crippen molar-refractivity contribution in [1.29, 1.82) is 0 Å². The third-order valence-corrected chi connectivity index (χ3v) is 4.45. The maximum absolute atomic E-state index is 12.4. The van der Waals surface area contributed by atoms with Crippen molar-refractivity contribution in [3.63, 3.8) is 0 Å². The largest absolute Gasteiger partial charge is 0.367 e. The molecule has 0 unspecified atom stereocenters. The van der Waals surface area contributed by atoms with E-state index in [1.54, 1.807) is 11.3 Å². The molecule has 3 heteroatoms. The SMILES string of the molecule is Cc1ccc(N(C)CC(=O)c2cc(C)sc2C)c(C)c1. The zero-order valence-corrected chi connectivity index (χ0v) is 13.6. The lowest BCUT2D eigenvalue weighted by Gasteiger charge is -2.21. The van der Waals surface area contributed by atoms with Gasteiger partial charge in [-0.05, 0) is 45.4 Å². The van der Waals surface area contributed by atoms with Gasteiger partial charge in [0.05, 0.1) is 6.54 Å². The van der Waals surface area contributed by atoms with Crippen molar-refractivity contribution < 1.29 is 4.79 Å². The van der Waals surface area contributed by atoms with Gasteiger partial charge in [-0.1, -0.05) is 17.7 Å². The van der Waals surface area contributed by atoms with Gasteiger partial charge in [-0.15, -0.1) is 11.3 Å². The second kappa shape index (κ2) is 5.80. The number of rotatable bonds is 4. The number of aryl methyl sites for hydroxylation is 4. The third-order valence-electron chi connectivity index (χ3n) is 3.49. The van der Waals surface area contributed by atoms with Gasteiger partial charge in [0.25, 0.3) is 0 Å². The Morgan fingerprint density at radius 3 is 2.40 bits per heavy atom. The first-order chi connectivity index (χ1) is 9.38. The van der Waals surface area contributed by atoms with Crippen molar-refractivity contribution in [3.05, 3.63) is 50.7 Å². The third kappa shape index (κ3) is 3.10. The number of hydrogen-bond donors (Lipinski definition) is 0. The highest BCUT2D eigenvalue weighted by Gasteiger charge is 2.15. The summed E-state index contributed by atoms with van der Waals surface area (Å²) in [5.74, 6) is 0.189. The van der Waals surface area contributed by atoms with Gasteiger partial charge in [-0.25, -0.2) is 0 Å². The average Bonchev–Trinajstić information content (AvgIpc) is 2.68. The van der Waals surface area contributed by atoms with Gasteiger partial charge in [-0.3, -0.25) is 4.79 Å². The predicted molar refractivity (Wildman–Crippen MR) is 87.3 cm³/mol. The molecule has 0 amide bonds. The standard InChI is InChI=1S/C17H21NOS/c1-11-6-7-16(12(2)8-11)18(5)10-17(19)15-9-13(3)20-14(15)4/h6-9H,10H2,1-5H3. The number of carbonyl (C=O) groups is 1. The molecule has 0 radical (unpaired) electrons. The molecule has 2 nitrogen and oxygen atoms in total. The van der Waals surface area contributed by atoms with Crippen LogP contribution in [0.5, 0.6) is 0 Å². The Balaban J connectivity index is 2.17. The van der Waals surface area contributed by atoms with Crippen molar-refractivity contribution >= 4 is 22.8 Å². The first kappa shape index (κ1) is 14.8. The Labute approximate surface area is 125 Å². The van der Waals surface area contributed by atoms with E-state index in [1.807, 2.05) is 31.9 Å². The van der Waals surface area contributed by atoms with Crippen LogP contribution in [0.4, 0.5) is 5.69 Å². The number of likely N-dealkylation sites (N-methyl/N-ethyl adjacent to an activating group) is 1. The Morgan fingerprint density at radius 1 is 1.15 bits per heavy atom. The van der Waals surface area contributed by atoms with Crippen LogP contribution in [0.1, 0.15) is 31.2 Å². The average molecular weight is 287 g/mol. The summed E-state index contributed by atoms with van der Waals surface area (Å²) in [5, 5.41) is 0. The first-order valence-electron chi connectivity index (χ1n) is 6.77. The monoisotopic (exact) mass is 287 g/mol. The summed E-state index contributed by atoms with van der Waals surface area (Å²) in [5.41, 5.74) is 4.44. The molecule has 0 saturated heterocycles. The molecule has 0 N–H and O–H groups in total. The second-order valence-corrected chi connectivity index (χ2v) is 6.86. The number of anilines is 1. The van der Waals surface area contributed by atoms with Crippen LogP contribution in [0, 0.1) is 27.7 Å². The molecule has 20 heavy (non-hydrogen) atoms. The Bertz CT molecular complexity index is 642. The Hall–Kier alpha value is -1.61. The lowest BCUT2D eigenvalue weighted by atomic mass is 10.1. The normalized spacial score (nSPS) is 10.7. The van der Waals surface area contributed by atoms with E-state index in [1.165, 1.54) is 16.0 Å². The minimum absolute atomic E-state index is 0.189. The van der Waals surface area contributed by atoms with E-state index in [9.17, 15) is 4.79 Å². The molecule has 0 saturated carbocycles. The Kier molecular flexibility index (Phi) is 4.29. The highest BCUT2D eigenvalue weighted by molar-refractivity contribution is 7.12. The van der Waals surface area contributed by atoms with Crippen LogP contribution in [0.2, 0.25) is 0 Å². The molecular weight excluding hydrogens is 266 g/mol. The minimum atomic E-state index is 0.189. The smallest absolute Gasteiger partial charge is 0.183 e. The van der Waals surface area contributed by atoms with E-state index in [-0.39, 0.29) is 5.78 Å². The second-order valence-electron chi connectivity index (χ2n) is 5.40. The maximum Gasteiger partial charge on any atom is 0.183 e. The fourth-order valence-electron chi connectivity index (χ4n) is 2.53. The molecule has 1 aromatic heterocycles. The topological polar surface area (TPSA) is 20.3 Å². The van der Waals surface area contributed by atoms with E-state index in [0.29, 0.717) is 6.54 Å². The van der Waals surface area contributed by atoms with Crippen LogP contribution < -0.4 is 4.90 Å². The highest BCUT2D eigenvalue weighted by Crippen LogP contribution is 2.23. The number of carbonyl (C=O) groups excluding carboxylic acids is 1. The molecule has 0 spiro atoms. The molecule has 0 aliphatic rings. The van der Waals surface area contributed by atoms with Crippen molar-refractivity contribution in [2.45, 2.75) is 27.7 Å². The van der Waals surface area contributed by atoms with Gasteiger partial charge in [0.15, 0.2) is 5.78 Å². The highest BCUT2D eigenvalue weighted by atomic mass is 32.1. The molecule has 1 heterocycles. The van der Waals surface area contributed by atoms with Crippen LogP contribution >= 0.6 is 11.3 Å². The molecule has 0 fully saturated rings. The summed E-state index contributed by atoms with van der Waals surface area (Å²) in [4.78, 5) is 16.7. The molecule has 0 bridgehead atoms. The van der Waals surface area contributed by atoms with Crippen molar-refractivity contribution in [1.82, 2.24) is 0 Å². The van der Waals surface area contributed by atoms with Gasteiger partial charge in [0, 0.05) is 28.1 Å². The van der Waals surface area contributed by atoms with Crippen LogP contribution in [-0.2, 0) is 0 Å². The lowest BCUT2D eigenvalue weighted by molar-refractivity contribution is 0.1000. The predicted octanol–water partition coefficient (Wildman–Crippen LogP) is 4.30. The number of Topliss-reactive ketones (excluding diaryl/α,β-unsaturated/α-hetero) is 1. The number of thiophene rings is 1. The van der Waals surface area contributed by atoms with Crippen molar-refractivity contribution in [2.75, 3.05) is 18.5 Å². The van der Waals surface area contributed by atoms with Crippen LogP contribution in [0.15, 0.2) is 24.3 Å². The first-order valence-corrected chi connectivity index (χ1v) is 7.58. The molecule has 1 aromatic carbocycles. The fraction of sp³-hybridized carbons (Fsp3) is 0.353. The summed E-state index contributed by atoms with van der Waals surface area (Å²) in [6.45, 7) is 8.65. The van der Waals surface area contributed by atoms with Crippen LogP contribution in [0.25, 0.3) is 0 Å².